The van der Waals surface area contributed by atoms with Crippen molar-refractivity contribution in [3.63, 3.8) is 0 Å². The first-order valence-corrected chi connectivity index (χ1v) is 14.5. The highest BCUT2D eigenvalue weighted by Gasteiger charge is 2.30. The molecule has 2 saturated heterocycles. The van der Waals surface area contributed by atoms with Gasteiger partial charge in [-0.3, -0.25) is 9.69 Å². The van der Waals surface area contributed by atoms with Gasteiger partial charge in [0, 0.05) is 37.5 Å². The molecule has 0 aliphatic carbocycles. The van der Waals surface area contributed by atoms with Gasteiger partial charge in [-0.1, -0.05) is 67.2 Å². The van der Waals surface area contributed by atoms with E-state index in [0.717, 1.165) is 31.4 Å². The predicted octanol–water partition coefficient (Wildman–Crippen LogP) is 4.94. The Morgan fingerprint density at radius 3 is 2.39 bits per heavy atom. The van der Waals surface area contributed by atoms with Crippen LogP contribution in [0.1, 0.15) is 31.2 Å². The van der Waals surface area contributed by atoms with E-state index in [1.54, 1.807) is 40.3 Å². The number of likely N-dealkylation sites (N-methyl/N-ethyl adjacent to an activating group) is 1. The van der Waals surface area contributed by atoms with E-state index in [1.165, 1.54) is 16.7 Å². The molecule has 1 amide bonds. The van der Waals surface area contributed by atoms with Crippen molar-refractivity contribution >= 4 is 50.3 Å². The second-order valence-electron chi connectivity index (χ2n) is 8.80. The first kappa shape index (κ1) is 24.9. The molecule has 7 nitrogen and oxygen atoms in total. The smallest absolute Gasteiger partial charge is 0.265 e. The van der Waals surface area contributed by atoms with Crippen molar-refractivity contribution in [1.29, 1.82) is 0 Å². The maximum atomic E-state index is 13.4. The lowest BCUT2D eigenvalue weighted by Gasteiger charge is -2.20. The van der Waals surface area contributed by atoms with Gasteiger partial charge in [-0.2, -0.15) is 9.40 Å². The van der Waals surface area contributed by atoms with Gasteiger partial charge in [0.2, 0.25) is 10.0 Å². The van der Waals surface area contributed by atoms with Crippen LogP contribution in [-0.4, -0.2) is 57.8 Å². The monoisotopic (exact) mass is 538 g/mol. The van der Waals surface area contributed by atoms with Crippen molar-refractivity contribution in [2.45, 2.75) is 30.6 Å². The molecule has 0 saturated carbocycles. The zero-order valence-corrected chi connectivity index (χ0v) is 22.3. The molecule has 2 aliphatic rings. The van der Waals surface area contributed by atoms with Crippen LogP contribution in [0.5, 0.6) is 0 Å². The van der Waals surface area contributed by atoms with Gasteiger partial charge in [0.15, 0.2) is 0 Å². The Balaban J connectivity index is 1.59. The summed E-state index contributed by atoms with van der Waals surface area (Å²) in [6.45, 7) is 1.08. The van der Waals surface area contributed by atoms with Gasteiger partial charge >= 0.3 is 0 Å². The van der Waals surface area contributed by atoms with Gasteiger partial charge < -0.3 is 0 Å². The van der Waals surface area contributed by atoms with Crippen molar-refractivity contribution in [2.75, 3.05) is 20.1 Å². The largest absolute Gasteiger partial charge is 0.296 e. The SMILES string of the molecule is CN1C(=O)/C(=C/c2cn(-c3ccccc3)nc2-c2cccc(S(=O)(=O)N3CCCCCC3)c2)SC1=S. The predicted molar refractivity (Wildman–Crippen MR) is 147 cm³/mol. The summed E-state index contributed by atoms with van der Waals surface area (Å²) >= 11 is 6.53. The van der Waals surface area contributed by atoms with Gasteiger partial charge in [0.1, 0.15) is 10.0 Å². The van der Waals surface area contributed by atoms with Crippen LogP contribution in [-0.2, 0) is 14.8 Å². The molecule has 186 valence electrons. The highest BCUT2D eigenvalue weighted by atomic mass is 32.2. The quantitative estimate of drug-likeness (QED) is 0.339. The minimum atomic E-state index is -3.62. The molecule has 10 heteroatoms. The van der Waals surface area contributed by atoms with Crippen molar-refractivity contribution < 1.29 is 13.2 Å². The highest BCUT2D eigenvalue weighted by Crippen LogP contribution is 2.34. The number of sulfonamides is 1. The molecule has 5 rings (SSSR count). The third kappa shape index (κ3) is 4.90. The number of carbonyl (C=O) groups excluding carboxylic acids is 1. The van der Waals surface area contributed by atoms with Crippen LogP contribution in [0.25, 0.3) is 23.0 Å². The summed E-state index contributed by atoms with van der Waals surface area (Å²) in [5.41, 5.74) is 2.82. The van der Waals surface area contributed by atoms with Gasteiger partial charge in [0.25, 0.3) is 5.91 Å². The number of amides is 1. The second-order valence-corrected chi connectivity index (χ2v) is 12.4. The number of hydrogen-bond donors (Lipinski definition) is 0. The molecule has 0 unspecified atom stereocenters. The van der Waals surface area contributed by atoms with Crippen molar-refractivity contribution in [1.82, 2.24) is 19.0 Å². The fraction of sp³-hybridized carbons (Fsp3) is 0.269. The van der Waals surface area contributed by atoms with E-state index in [0.29, 0.717) is 39.1 Å². The van der Waals surface area contributed by atoms with Crippen LogP contribution in [0.15, 0.2) is 70.6 Å². The molecular formula is C26H26N4O3S3. The molecule has 2 fully saturated rings. The van der Waals surface area contributed by atoms with Gasteiger partial charge in [-0.05, 0) is 43.2 Å². The van der Waals surface area contributed by atoms with E-state index in [4.69, 9.17) is 17.3 Å². The van der Waals surface area contributed by atoms with Crippen LogP contribution >= 0.6 is 24.0 Å². The Hall–Kier alpha value is -2.79. The summed E-state index contributed by atoms with van der Waals surface area (Å²) in [7, 11) is -1.96. The van der Waals surface area contributed by atoms with Crippen molar-refractivity contribution in [3.8, 4) is 16.9 Å². The van der Waals surface area contributed by atoms with Crippen LogP contribution in [0.3, 0.4) is 0 Å². The fourth-order valence-corrected chi connectivity index (χ4v) is 7.09. The number of nitrogens with zero attached hydrogens (tertiary/aromatic N) is 4. The number of para-hydroxylation sites is 1. The number of carbonyl (C=O) groups is 1. The maximum Gasteiger partial charge on any atom is 0.265 e. The first-order valence-electron chi connectivity index (χ1n) is 11.8. The van der Waals surface area contributed by atoms with E-state index in [9.17, 15) is 13.2 Å². The van der Waals surface area contributed by atoms with Crippen molar-refractivity contribution in [3.05, 3.63) is 71.3 Å². The Morgan fingerprint density at radius 1 is 1.00 bits per heavy atom. The molecule has 0 bridgehead atoms. The number of thioether (sulfide) groups is 1. The maximum absolute atomic E-state index is 13.4. The minimum Gasteiger partial charge on any atom is -0.296 e. The van der Waals surface area contributed by atoms with Crippen LogP contribution in [0.2, 0.25) is 0 Å². The van der Waals surface area contributed by atoms with Crippen molar-refractivity contribution in [2.24, 2.45) is 0 Å². The molecule has 0 spiro atoms. The van der Waals surface area contributed by atoms with E-state index in [1.807, 2.05) is 42.6 Å². The Bertz CT molecular complexity index is 1440. The number of hydrogen-bond acceptors (Lipinski definition) is 6. The normalized spacial score (nSPS) is 18.7. The molecule has 0 radical (unpaired) electrons. The summed E-state index contributed by atoms with van der Waals surface area (Å²) in [6, 6.07) is 16.6. The fourth-order valence-electron chi connectivity index (χ4n) is 4.35. The lowest BCUT2D eigenvalue weighted by molar-refractivity contribution is -0.121. The molecule has 1 aromatic heterocycles. The summed E-state index contributed by atoms with van der Waals surface area (Å²) in [4.78, 5) is 14.9. The summed E-state index contributed by atoms with van der Waals surface area (Å²) < 4.78 is 30.7. The van der Waals surface area contributed by atoms with E-state index >= 15 is 0 Å². The average molecular weight is 539 g/mol. The second kappa shape index (κ2) is 10.3. The summed E-state index contributed by atoms with van der Waals surface area (Å²) in [5.74, 6) is -0.166. The van der Waals surface area contributed by atoms with Crippen LogP contribution in [0, 0.1) is 0 Å². The number of aromatic nitrogens is 2. The molecule has 0 atom stereocenters. The molecular weight excluding hydrogens is 513 g/mol. The number of rotatable bonds is 5. The van der Waals surface area contributed by atoms with Crippen LogP contribution < -0.4 is 0 Å². The zero-order valence-electron chi connectivity index (χ0n) is 19.8. The third-order valence-corrected chi connectivity index (χ3v) is 9.73. The summed E-state index contributed by atoms with van der Waals surface area (Å²) in [5, 5.41) is 4.80. The van der Waals surface area contributed by atoms with Gasteiger partial charge in [-0.25, -0.2) is 13.1 Å². The molecule has 2 aliphatic heterocycles. The lowest BCUT2D eigenvalue weighted by Crippen LogP contribution is -2.31. The lowest BCUT2D eigenvalue weighted by atomic mass is 10.1. The van der Waals surface area contributed by atoms with Gasteiger partial charge in [-0.15, -0.1) is 0 Å². The molecule has 36 heavy (non-hydrogen) atoms. The average Bonchev–Trinajstić information content (AvgIpc) is 3.25. The Morgan fingerprint density at radius 2 is 1.72 bits per heavy atom. The highest BCUT2D eigenvalue weighted by molar-refractivity contribution is 8.26. The van der Waals surface area contributed by atoms with E-state index in [-0.39, 0.29) is 10.8 Å². The molecule has 2 aromatic carbocycles. The Labute approximate surface area is 220 Å². The number of thiocarbonyl (C=S) groups is 1. The Kier molecular flexibility index (Phi) is 7.11. The van der Waals surface area contributed by atoms with Crippen LogP contribution in [0.4, 0.5) is 0 Å². The molecule has 3 heterocycles. The minimum absolute atomic E-state index is 0.166. The topological polar surface area (TPSA) is 75.5 Å². The third-order valence-electron chi connectivity index (χ3n) is 6.35. The van der Waals surface area contributed by atoms with E-state index in [2.05, 4.69) is 0 Å². The molecule has 0 N–H and O–H groups in total. The summed E-state index contributed by atoms with van der Waals surface area (Å²) in [6.07, 6.45) is 7.48. The van der Waals surface area contributed by atoms with Gasteiger partial charge in [0.05, 0.1) is 15.5 Å². The van der Waals surface area contributed by atoms with E-state index < -0.39 is 10.0 Å². The zero-order chi connectivity index (χ0) is 25.3. The molecule has 3 aromatic rings. The first-order chi connectivity index (χ1) is 17.3. The standard InChI is InChI=1S/C26H26N4O3S3/c1-28-25(31)23(35-26(28)34)17-20-18-30(21-11-5-4-6-12-21)27-24(20)19-10-9-13-22(16-19)36(32,33)29-14-7-2-3-8-15-29/h4-6,9-13,16-18H,2-3,7-8,14-15H2,1H3/b23-17-. The number of benzene rings is 2.